The Kier molecular flexibility index (Phi) is 11.2. The molecule has 0 fully saturated rings. The van der Waals surface area contributed by atoms with E-state index in [0.717, 1.165) is 18.2 Å². The van der Waals surface area contributed by atoms with Gasteiger partial charge in [-0.2, -0.15) is 0 Å². The summed E-state index contributed by atoms with van der Waals surface area (Å²) >= 11 is 9.25. The van der Waals surface area contributed by atoms with Crippen LogP contribution in [0.3, 0.4) is 0 Å². The Morgan fingerprint density at radius 3 is 2.00 bits per heavy atom. The zero-order valence-electron chi connectivity index (χ0n) is 14.4. The van der Waals surface area contributed by atoms with Crippen LogP contribution in [0.25, 0.3) is 0 Å². The summed E-state index contributed by atoms with van der Waals surface area (Å²) in [6.45, 7) is 1.92. The molecule has 0 saturated heterocycles. The average molecular weight is 439 g/mol. The van der Waals surface area contributed by atoms with Crippen LogP contribution in [0.1, 0.15) is 64.7 Å². The van der Waals surface area contributed by atoms with Gasteiger partial charge in [0.15, 0.2) is 0 Å². The Balaban J connectivity index is 2.17. The lowest BCUT2D eigenvalue weighted by molar-refractivity contribution is 0.511. The van der Waals surface area contributed by atoms with Crippen LogP contribution in [0.15, 0.2) is 29.2 Å². The predicted molar refractivity (Wildman–Crippen MR) is 107 cm³/mol. The second-order valence-corrected chi connectivity index (χ2v) is 9.23. The van der Waals surface area contributed by atoms with Crippen molar-refractivity contribution in [1.82, 2.24) is 4.72 Å². The van der Waals surface area contributed by atoms with Crippen molar-refractivity contribution in [2.45, 2.75) is 75.6 Å². The van der Waals surface area contributed by atoms with Crippen LogP contribution in [0.4, 0.5) is 0 Å². The molecule has 3 nitrogen and oxygen atoms in total. The second-order valence-electron chi connectivity index (χ2n) is 6.28. The largest absolute Gasteiger partial charge is 0.240 e. The minimum Gasteiger partial charge on any atom is -0.208 e. The number of rotatable bonds is 13. The minimum absolute atomic E-state index is 0.0513. The van der Waals surface area contributed by atoms with Crippen molar-refractivity contribution in [3.8, 4) is 0 Å². The summed E-state index contributed by atoms with van der Waals surface area (Å²) in [4.78, 5) is 0.266. The molecule has 138 valence electrons. The Hall–Kier alpha value is -0.100. The molecule has 0 aromatic heterocycles. The van der Waals surface area contributed by atoms with Crippen LogP contribution in [0, 0.1) is 0 Å². The fourth-order valence-corrected chi connectivity index (χ4v) is 4.41. The van der Waals surface area contributed by atoms with Crippen LogP contribution < -0.4 is 4.72 Å². The third-order valence-electron chi connectivity index (χ3n) is 4.00. The molecule has 1 unspecified atom stereocenters. The van der Waals surface area contributed by atoms with Gasteiger partial charge in [0, 0.05) is 16.4 Å². The first-order valence-electron chi connectivity index (χ1n) is 8.79. The van der Waals surface area contributed by atoms with Crippen molar-refractivity contribution in [3.05, 3.63) is 29.3 Å². The van der Waals surface area contributed by atoms with E-state index in [9.17, 15) is 8.42 Å². The molecular formula is C18H29BrClNO2S. The number of benzene rings is 1. The molecule has 6 heteroatoms. The zero-order chi connectivity index (χ0) is 17.8. The minimum atomic E-state index is -3.45. The summed E-state index contributed by atoms with van der Waals surface area (Å²) in [5, 5.41) is 1.64. The van der Waals surface area contributed by atoms with Gasteiger partial charge >= 0.3 is 0 Å². The van der Waals surface area contributed by atoms with Crippen LogP contribution in [-0.2, 0) is 10.0 Å². The fourth-order valence-electron chi connectivity index (χ4n) is 2.61. The molecule has 0 saturated carbocycles. The number of hydrogen-bond acceptors (Lipinski definition) is 2. The fraction of sp³-hybridized carbons (Fsp3) is 0.667. The van der Waals surface area contributed by atoms with E-state index in [-0.39, 0.29) is 10.9 Å². The number of unbranched alkanes of at least 4 members (excludes halogenated alkanes) is 7. The van der Waals surface area contributed by atoms with Gasteiger partial charge in [-0.3, -0.25) is 0 Å². The lowest BCUT2D eigenvalue weighted by Gasteiger charge is -2.14. The van der Waals surface area contributed by atoms with Gasteiger partial charge in [-0.1, -0.05) is 72.5 Å². The van der Waals surface area contributed by atoms with Gasteiger partial charge in [0.1, 0.15) is 0 Å². The lowest BCUT2D eigenvalue weighted by Crippen LogP contribution is -2.32. The molecule has 0 radical (unpaired) electrons. The van der Waals surface area contributed by atoms with E-state index in [1.165, 1.54) is 57.1 Å². The normalized spacial score (nSPS) is 13.1. The Labute approximate surface area is 160 Å². The molecular weight excluding hydrogens is 410 g/mol. The highest BCUT2D eigenvalue weighted by Gasteiger charge is 2.16. The van der Waals surface area contributed by atoms with Crippen molar-refractivity contribution < 1.29 is 8.42 Å². The molecule has 0 aliphatic heterocycles. The van der Waals surface area contributed by atoms with Crippen molar-refractivity contribution in [2.75, 3.05) is 5.33 Å². The first kappa shape index (κ1) is 21.9. The predicted octanol–water partition coefficient (Wildman–Crippen LogP) is 5.91. The van der Waals surface area contributed by atoms with E-state index in [2.05, 4.69) is 20.7 Å². The van der Waals surface area contributed by atoms with Gasteiger partial charge in [-0.25, -0.2) is 13.1 Å². The Bertz CT molecular complexity index is 549. The molecule has 1 rings (SSSR count). The molecule has 0 aliphatic rings. The molecule has 0 aliphatic carbocycles. The SMILES string of the molecule is CC(CCCCCCCCCCBr)NS(=O)(=O)c1ccc(Cl)cc1. The summed E-state index contributed by atoms with van der Waals surface area (Å²) in [6, 6.07) is 6.21. The summed E-state index contributed by atoms with van der Waals surface area (Å²) in [6.07, 6.45) is 10.8. The monoisotopic (exact) mass is 437 g/mol. The molecule has 24 heavy (non-hydrogen) atoms. The maximum Gasteiger partial charge on any atom is 0.240 e. The number of alkyl halides is 1. The summed E-state index contributed by atoms with van der Waals surface area (Å²) in [5.41, 5.74) is 0. The Morgan fingerprint density at radius 2 is 1.46 bits per heavy atom. The van der Waals surface area contributed by atoms with E-state index in [0.29, 0.717) is 5.02 Å². The van der Waals surface area contributed by atoms with Crippen LogP contribution in [0.5, 0.6) is 0 Å². The van der Waals surface area contributed by atoms with Gasteiger partial charge in [-0.15, -0.1) is 0 Å². The highest BCUT2D eigenvalue weighted by atomic mass is 79.9. The lowest BCUT2D eigenvalue weighted by atomic mass is 10.1. The van der Waals surface area contributed by atoms with Crippen LogP contribution >= 0.6 is 27.5 Å². The highest BCUT2D eigenvalue weighted by molar-refractivity contribution is 9.09. The molecule has 0 heterocycles. The average Bonchev–Trinajstić information content (AvgIpc) is 2.53. The summed E-state index contributed by atoms with van der Waals surface area (Å²) in [5.74, 6) is 0. The molecule has 1 atom stereocenters. The van der Waals surface area contributed by atoms with E-state index < -0.39 is 10.0 Å². The van der Waals surface area contributed by atoms with Gasteiger partial charge in [-0.05, 0) is 44.0 Å². The van der Waals surface area contributed by atoms with E-state index in [1.807, 2.05) is 6.92 Å². The van der Waals surface area contributed by atoms with Gasteiger partial charge in [0.2, 0.25) is 10.0 Å². The molecule has 0 bridgehead atoms. The topological polar surface area (TPSA) is 46.2 Å². The number of hydrogen-bond donors (Lipinski definition) is 1. The van der Waals surface area contributed by atoms with E-state index >= 15 is 0 Å². The first-order chi connectivity index (χ1) is 11.5. The standard InChI is InChI=1S/C18H29BrClNO2S/c1-16(10-8-6-4-2-3-5-7-9-15-19)21-24(22,23)18-13-11-17(20)12-14-18/h11-14,16,21H,2-10,15H2,1H3. The second kappa shape index (κ2) is 12.3. The number of sulfonamides is 1. The highest BCUT2D eigenvalue weighted by Crippen LogP contribution is 2.16. The maximum atomic E-state index is 12.3. The van der Waals surface area contributed by atoms with Crippen LogP contribution in [0.2, 0.25) is 5.02 Å². The Morgan fingerprint density at radius 1 is 0.958 bits per heavy atom. The van der Waals surface area contributed by atoms with Gasteiger partial charge < -0.3 is 0 Å². The van der Waals surface area contributed by atoms with Gasteiger partial charge in [0.05, 0.1) is 4.90 Å². The van der Waals surface area contributed by atoms with Crippen molar-refractivity contribution in [3.63, 3.8) is 0 Å². The molecule has 1 aromatic rings. The molecule has 1 N–H and O–H groups in total. The third-order valence-corrected chi connectivity index (χ3v) is 6.42. The van der Waals surface area contributed by atoms with Crippen molar-refractivity contribution >= 4 is 37.6 Å². The molecule has 1 aromatic carbocycles. The van der Waals surface area contributed by atoms with Crippen molar-refractivity contribution in [2.24, 2.45) is 0 Å². The van der Waals surface area contributed by atoms with Crippen molar-refractivity contribution in [1.29, 1.82) is 0 Å². The number of halogens is 2. The molecule has 0 spiro atoms. The molecule has 0 amide bonds. The summed E-state index contributed by atoms with van der Waals surface area (Å²) < 4.78 is 27.3. The first-order valence-corrected chi connectivity index (χ1v) is 11.8. The quantitative estimate of drug-likeness (QED) is 0.307. The summed E-state index contributed by atoms with van der Waals surface area (Å²) in [7, 11) is -3.45. The maximum absolute atomic E-state index is 12.3. The number of nitrogens with one attached hydrogen (secondary N) is 1. The van der Waals surface area contributed by atoms with Crippen LogP contribution in [-0.4, -0.2) is 19.8 Å². The zero-order valence-corrected chi connectivity index (χ0v) is 17.6. The smallest absolute Gasteiger partial charge is 0.208 e. The van der Waals surface area contributed by atoms with E-state index in [1.54, 1.807) is 12.1 Å². The van der Waals surface area contributed by atoms with E-state index in [4.69, 9.17) is 11.6 Å². The van der Waals surface area contributed by atoms with Gasteiger partial charge in [0.25, 0.3) is 0 Å². The third kappa shape index (κ3) is 9.40.